The van der Waals surface area contributed by atoms with E-state index in [2.05, 4.69) is 5.18 Å². The molecule has 1 aromatic carbocycles. The van der Waals surface area contributed by atoms with Crippen molar-refractivity contribution in [2.45, 2.75) is 0 Å². The topological polar surface area (TPSA) is 75.7 Å². The molecular weight excluding hydrogens is 132 g/mol. The van der Waals surface area contributed by atoms with Crippen molar-refractivity contribution < 1.29 is 5.11 Å². The molecule has 0 fully saturated rings. The zero-order chi connectivity index (χ0) is 7.56. The van der Waals surface area contributed by atoms with Gasteiger partial charge in [-0.15, -0.1) is 4.91 Å². The number of nitroso groups, excluding NO2 is 1. The minimum atomic E-state index is -0.252. The lowest BCUT2D eigenvalue weighted by molar-refractivity contribution is 0.479. The number of para-hydroxylation sites is 1. The summed E-state index contributed by atoms with van der Waals surface area (Å²) in [6.45, 7) is 0. The summed E-state index contributed by atoms with van der Waals surface area (Å²) in [5.74, 6) is -0.252. The van der Waals surface area contributed by atoms with Crippen LogP contribution in [0.25, 0.3) is 0 Å². The summed E-state index contributed by atoms with van der Waals surface area (Å²) in [5, 5.41) is 11.5. The number of rotatable bonds is 1. The highest BCUT2D eigenvalue weighted by molar-refractivity contribution is 5.65. The molecule has 3 N–H and O–H groups in total. The number of hydrogen-bond acceptors (Lipinski definition) is 4. The van der Waals surface area contributed by atoms with Gasteiger partial charge in [-0.1, -0.05) is 6.07 Å². The van der Waals surface area contributed by atoms with Crippen LogP contribution in [0.4, 0.5) is 11.4 Å². The van der Waals surface area contributed by atoms with Gasteiger partial charge in [0, 0.05) is 0 Å². The van der Waals surface area contributed by atoms with Crippen molar-refractivity contribution in [3.8, 4) is 5.75 Å². The Morgan fingerprint density at radius 2 is 2.20 bits per heavy atom. The minimum absolute atomic E-state index is 0.0278. The molecule has 0 saturated heterocycles. The predicted octanol–water partition coefficient (Wildman–Crippen LogP) is 1.37. The van der Waals surface area contributed by atoms with E-state index in [0.29, 0.717) is 0 Å². The molecule has 1 rings (SSSR count). The highest BCUT2D eigenvalue weighted by atomic mass is 16.3. The predicted molar refractivity (Wildman–Crippen MR) is 38.0 cm³/mol. The van der Waals surface area contributed by atoms with E-state index >= 15 is 0 Å². The second kappa shape index (κ2) is 2.34. The summed E-state index contributed by atoms with van der Waals surface area (Å²) in [7, 11) is 0. The third-order valence-corrected chi connectivity index (χ3v) is 1.14. The van der Waals surface area contributed by atoms with Crippen molar-refractivity contribution in [3.63, 3.8) is 0 Å². The maximum atomic E-state index is 9.91. The maximum absolute atomic E-state index is 9.91. The van der Waals surface area contributed by atoms with Gasteiger partial charge in [0.1, 0.15) is 0 Å². The van der Waals surface area contributed by atoms with Gasteiger partial charge in [-0.2, -0.15) is 0 Å². The first-order valence-electron chi connectivity index (χ1n) is 2.66. The number of nitrogens with two attached hydrogens (primary N) is 1. The van der Waals surface area contributed by atoms with E-state index < -0.39 is 0 Å². The van der Waals surface area contributed by atoms with Gasteiger partial charge in [0.25, 0.3) is 0 Å². The zero-order valence-electron chi connectivity index (χ0n) is 5.11. The largest absolute Gasteiger partial charge is 0.504 e. The Morgan fingerprint density at radius 1 is 1.50 bits per heavy atom. The van der Waals surface area contributed by atoms with E-state index in [4.69, 9.17) is 10.8 Å². The van der Waals surface area contributed by atoms with E-state index in [-0.39, 0.29) is 17.1 Å². The number of hydrogen-bond donors (Lipinski definition) is 2. The van der Waals surface area contributed by atoms with Gasteiger partial charge in [0.2, 0.25) is 0 Å². The number of phenolic OH excluding ortho intramolecular Hbond substituents is 1. The summed E-state index contributed by atoms with van der Waals surface area (Å²) in [4.78, 5) is 9.91. The molecule has 0 heterocycles. The third-order valence-electron chi connectivity index (χ3n) is 1.14. The van der Waals surface area contributed by atoms with E-state index in [1.54, 1.807) is 6.07 Å². The number of nitrogens with zero attached hydrogens (tertiary/aromatic N) is 1. The number of aromatic hydroxyl groups is 1. The Morgan fingerprint density at radius 3 is 2.70 bits per heavy atom. The van der Waals surface area contributed by atoms with Crippen LogP contribution in [-0.2, 0) is 0 Å². The molecule has 52 valence electrons. The molecule has 4 nitrogen and oxygen atoms in total. The van der Waals surface area contributed by atoms with Crippen LogP contribution < -0.4 is 5.73 Å². The van der Waals surface area contributed by atoms with E-state index in [9.17, 15) is 4.91 Å². The molecule has 4 heteroatoms. The number of benzene rings is 1. The monoisotopic (exact) mass is 138 g/mol. The van der Waals surface area contributed by atoms with Gasteiger partial charge in [0.15, 0.2) is 11.4 Å². The molecular formula is C6H6N2O2. The fourth-order valence-electron chi connectivity index (χ4n) is 0.622. The van der Waals surface area contributed by atoms with Crippen LogP contribution in [0.15, 0.2) is 23.4 Å². The fraction of sp³-hybridized carbons (Fsp3) is 0. The van der Waals surface area contributed by atoms with Crippen LogP contribution in [0.2, 0.25) is 0 Å². The molecule has 0 aliphatic rings. The molecule has 0 radical (unpaired) electrons. The number of phenols is 1. The molecule has 1 aromatic rings. The Balaban J connectivity index is 3.27. The molecule has 0 bridgehead atoms. The standard InChI is InChI=1S/C6H6N2O2/c7-4-2-1-3-5(8-10)6(4)9/h1-3,9H,7H2. The van der Waals surface area contributed by atoms with Gasteiger partial charge < -0.3 is 10.8 Å². The fourth-order valence-corrected chi connectivity index (χ4v) is 0.622. The van der Waals surface area contributed by atoms with Gasteiger partial charge in [-0.05, 0) is 17.3 Å². The van der Waals surface area contributed by atoms with Gasteiger partial charge >= 0.3 is 0 Å². The number of anilines is 1. The summed E-state index contributed by atoms with van der Waals surface area (Å²) >= 11 is 0. The molecule has 10 heavy (non-hydrogen) atoms. The van der Waals surface area contributed by atoms with Crippen molar-refractivity contribution in [2.75, 3.05) is 5.73 Å². The zero-order valence-corrected chi connectivity index (χ0v) is 5.11. The first-order valence-corrected chi connectivity index (χ1v) is 2.66. The van der Waals surface area contributed by atoms with Crippen LogP contribution in [0, 0.1) is 4.91 Å². The highest BCUT2D eigenvalue weighted by Gasteiger charge is 2.01. The van der Waals surface area contributed by atoms with Crippen LogP contribution in [-0.4, -0.2) is 5.11 Å². The average Bonchev–Trinajstić information content (AvgIpc) is 1.95. The van der Waals surface area contributed by atoms with Gasteiger partial charge in [0.05, 0.1) is 5.69 Å². The van der Waals surface area contributed by atoms with Crippen LogP contribution in [0.3, 0.4) is 0 Å². The van der Waals surface area contributed by atoms with E-state index in [0.717, 1.165) is 0 Å². The molecule has 0 aromatic heterocycles. The Kier molecular flexibility index (Phi) is 1.53. The molecule has 0 spiro atoms. The van der Waals surface area contributed by atoms with Crippen LogP contribution in [0.1, 0.15) is 0 Å². The summed E-state index contributed by atoms with van der Waals surface area (Å²) in [6.07, 6.45) is 0. The van der Waals surface area contributed by atoms with Crippen molar-refractivity contribution in [2.24, 2.45) is 5.18 Å². The highest BCUT2D eigenvalue weighted by Crippen LogP contribution is 2.30. The normalized spacial score (nSPS) is 9.20. The molecule has 0 aliphatic heterocycles. The average molecular weight is 138 g/mol. The smallest absolute Gasteiger partial charge is 0.168 e. The molecule has 0 amide bonds. The van der Waals surface area contributed by atoms with Gasteiger partial charge in [-0.25, -0.2) is 0 Å². The lowest BCUT2D eigenvalue weighted by atomic mass is 10.2. The van der Waals surface area contributed by atoms with Crippen LogP contribution >= 0.6 is 0 Å². The second-order valence-electron chi connectivity index (χ2n) is 1.81. The summed E-state index contributed by atoms with van der Waals surface area (Å²) in [6, 6.07) is 4.43. The second-order valence-corrected chi connectivity index (χ2v) is 1.81. The van der Waals surface area contributed by atoms with E-state index in [1.807, 2.05) is 0 Å². The lowest BCUT2D eigenvalue weighted by Crippen LogP contribution is -1.83. The minimum Gasteiger partial charge on any atom is -0.504 e. The van der Waals surface area contributed by atoms with E-state index in [1.165, 1.54) is 12.1 Å². The lowest BCUT2D eigenvalue weighted by Gasteiger charge is -1.97. The molecule has 0 unspecified atom stereocenters. The van der Waals surface area contributed by atoms with Crippen molar-refractivity contribution in [1.29, 1.82) is 0 Å². The number of nitrogen functional groups attached to an aromatic ring is 1. The molecule has 0 saturated carbocycles. The Bertz CT molecular complexity index is 260. The van der Waals surface area contributed by atoms with Crippen molar-refractivity contribution in [3.05, 3.63) is 23.1 Å². The summed E-state index contributed by atoms with van der Waals surface area (Å²) < 4.78 is 0. The maximum Gasteiger partial charge on any atom is 0.168 e. The quantitative estimate of drug-likeness (QED) is 0.349. The summed E-state index contributed by atoms with van der Waals surface area (Å²) in [5.41, 5.74) is 5.38. The van der Waals surface area contributed by atoms with Crippen LogP contribution in [0.5, 0.6) is 5.75 Å². The van der Waals surface area contributed by atoms with Crippen molar-refractivity contribution >= 4 is 11.4 Å². The molecule has 0 atom stereocenters. The Labute approximate surface area is 57.3 Å². The Hall–Kier alpha value is -1.58. The first kappa shape index (κ1) is 6.54. The molecule has 0 aliphatic carbocycles. The van der Waals surface area contributed by atoms with Gasteiger partial charge in [-0.3, -0.25) is 0 Å². The SMILES string of the molecule is Nc1cccc(N=O)c1O. The third kappa shape index (κ3) is 0.907. The van der Waals surface area contributed by atoms with Crippen molar-refractivity contribution in [1.82, 2.24) is 0 Å². The first-order chi connectivity index (χ1) is 4.75.